The van der Waals surface area contributed by atoms with E-state index in [1.54, 1.807) is 0 Å². The van der Waals surface area contributed by atoms with Crippen LogP contribution in [-0.2, 0) is 27.2 Å². The Labute approximate surface area is 102 Å². The first-order valence-corrected chi connectivity index (χ1v) is 5.08. The van der Waals surface area contributed by atoms with Crippen molar-refractivity contribution in [3.8, 4) is 0 Å². The van der Waals surface area contributed by atoms with E-state index in [0.717, 1.165) is 25.7 Å². The van der Waals surface area contributed by atoms with Crippen LogP contribution in [0.15, 0.2) is 12.7 Å². The second-order valence-corrected chi connectivity index (χ2v) is 3.32. The number of carboxylic acid groups (broad SMARTS) is 1. The Balaban J connectivity index is 0. The number of carbonyl (C=O) groups is 1. The average molecular weight is 291 g/mol. The van der Waals surface area contributed by atoms with Gasteiger partial charge in [0.1, 0.15) is 0 Å². The molecule has 0 atom stereocenters. The number of allylic oxidation sites excluding steroid dienone is 1. The first-order valence-electron chi connectivity index (χ1n) is 5.08. The smallest absolute Gasteiger partial charge is 0.550 e. The van der Waals surface area contributed by atoms with Gasteiger partial charge in [-0.15, -0.1) is 6.58 Å². The van der Waals surface area contributed by atoms with Crippen LogP contribution in [0.3, 0.4) is 0 Å². The third-order valence-corrected chi connectivity index (χ3v) is 2.04. The maximum absolute atomic E-state index is 10.1. The Bertz CT molecular complexity index is 146. The molecule has 0 radical (unpaired) electrons. The van der Waals surface area contributed by atoms with Crippen LogP contribution in [-0.4, -0.2) is 5.97 Å². The van der Waals surface area contributed by atoms with E-state index in [-0.39, 0.29) is 28.8 Å². The van der Waals surface area contributed by atoms with Crippen molar-refractivity contribution >= 4 is 5.97 Å². The molecule has 0 fully saturated rings. The minimum absolute atomic E-state index is 0. The molecule has 0 heterocycles. The molecule has 0 bridgehead atoms. The van der Waals surface area contributed by atoms with E-state index in [1.807, 2.05) is 6.08 Å². The van der Waals surface area contributed by atoms with E-state index in [0.29, 0.717) is 0 Å². The topological polar surface area (TPSA) is 40.1 Å². The molecule has 14 heavy (non-hydrogen) atoms. The van der Waals surface area contributed by atoms with Gasteiger partial charge < -0.3 is 9.90 Å². The molecular formula is C11H19AgO2. The fourth-order valence-corrected chi connectivity index (χ4v) is 1.27. The van der Waals surface area contributed by atoms with Crippen LogP contribution in [0, 0.1) is 0 Å². The molecule has 0 aliphatic heterocycles. The summed E-state index contributed by atoms with van der Waals surface area (Å²) in [6.45, 7) is 3.66. The van der Waals surface area contributed by atoms with Gasteiger partial charge in [-0.05, 0) is 25.7 Å². The Kier molecular flexibility index (Phi) is 15.2. The Hall–Kier alpha value is -0.0497. The number of carboxylic acids is 1. The van der Waals surface area contributed by atoms with Crippen LogP contribution in [0.4, 0.5) is 0 Å². The van der Waals surface area contributed by atoms with Crippen molar-refractivity contribution in [2.75, 3.05) is 0 Å². The summed E-state index contributed by atoms with van der Waals surface area (Å²) >= 11 is 0. The molecule has 0 saturated carbocycles. The summed E-state index contributed by atoms with van der Waals surface area (Å²) in [5.41, 5.74) is 0. The molecule has 3 heteroatoms. The molecule has 0 spiro atoms. The molecule has 0 aliphatic rings. The molecule has 0 rings (SSSR count). The summed E-state index contributed by atoms with van der Waals surface area (Å²) in [6.07, 6.45) is 9.83. The summed E-state index contributed by atoms with van der Waals surface area (Å²) < 4.78 is 0. The van der Waals surface area contributed by atoms with Crippen molar-refractivity contribution in [2.24, 2.45) is 0 Å². The predicted octanol–water partition coefficient (Wildman–Crippen LogP) is 2.04. The van der Waals surface area contributed by atoms with Crippen LogP contribution >= 0.6 is 0 Å². The standard InChI is InChI=1S/C11H20O2.Ag/c1-2-3-4-5-6-7-8-9-10-11(12)13;/h2H,1,3-10H2,(H,12,13);/q;+1/p-1. The monoisotopic (exact) mass is 290 g/mol. The quantitative estimate of drug-likeness (QED) is 0.370. The first-order chi connectivity index (χ1) is 6.27. The molecule has 0 aliphatic carbocycles. The molecule has 0 aromatic carbocycles. The van der Waals surface area contributed by atoms with Crippen molar-refractivity contribution < 1.29 is 32.3 Å². The molecule has 0 aromatic rings. The summed E-state index contributed by atoms with van der Waals surface area (Å²) in [6, 6.07) is 0. The van der Waals surface area contributed by atoms with Crippen LogP contribution in [0.25, 0.3) is 0 Å². The van der Waals surface area contributed by atoms with Gasteiger partial charge in [-0.2, -0.15) is 0 Å². The normalized spacial score (nSPS) is 9.14. The fourth-order valence-electron chi connectivity index (χ4n) is 1.27. The molecule has 0 saturated heterocycles. The van der Waals surface area contributed by atoms with Gasteiger partial charge in [-0.1, -0.05) is 31.8 Å². The Morgan fingerprint density at radius 1 is 1.07 bits per heavy atom. The van der Waals surface area contributed by atoms with Crippen LogP contribution in [0.1, 0.15) is 51.4 Å². The molecule has 0 N–H and O–H groups in total. The number of hydrogen-bond acceptors (Lipinski definition) is 2. The zero-order valence-corrected chi connectivity index (χ0v) is 10.0. The van der Waals surface area contributed by atoms with Gasteiger partial charge in [-0.25, -0.2) is 0 Å². The second kappa shape index (κ2) is 13.0. The summed E-state index contributed by atoms with van der Waals surface area (Å²) in [5.74, 6) is -0.924. The van der Waals surface area contributed by atoms with Gasteiger partial charge in [-0.3, -0.25) is 0 Å². The third-order valence-electron chi connectivity index (χ3n) is 2.04. The number of carbonyl (C=O) groups excluding carboxylic acids is 1. The third kappa shape index (κ3) is 14.5. The molecule has 0 unspecified atom stereocenters. The van der Waals surface area contributed by atoms with Crippen molar-refractivity contribution in [2.45, 2.75) is 51.4 Å². The minimum Gasteiger partial charge on any atom is -0.550 e. The van der Waals surface area contributed by atoms with Crippen LogP contribution in [0.5, 0.6) is 0 Å². The molecule has 0 amide bonds. The van der Waals surface area contributed by atoms with Gasteiger partial charge in [0.05, 0.1) is 0 Å². The van der Waals surface area contributed by atoms with E-state index >= 15 is 0 Å². The second-order valence-electron chi connectivity index (χ2n) is 3.32. The largest absolute Gasteiger partial charge is 1.00 e. The van der Waals surface area contributed by atoms with Gasteiger partial charge >= 0.3 is 22.4 Å². The van der Waals surface area contributed by atoms with Gasteiger partial charge in [0, 0.05) is 5.97 Å². The van der Waals surface area contributed by atoms with E-state index in [9.17, 15) is 9.90 Å². The molecular weight excluding hydrogens is 272 g/mol. The molecule has 2 nitrogen and oxygen atoms in total. The summed E-state index contributed by atoms with van der Waals surface area (Å²) in [5, 5.41) is 10.1. The van der Waals surface area contributed by atoms with Crippen molar-refractivity contribution in [1.29, 1.82) is 0 Å². The summed E-state index contributed by atoms with van der Waals surface area (Å²) in [7, 11) is 0. The van der Waals surface area contributed by atoms with Crippen LogP contribution in [0.2, 0.25) is 0 Å². The zero-order valence-electron chi connectivity index (χ0n) is 8.56. The Morgan fingerprint density at radius 3 is 2.07 bits per heavy atom. The predicted molar refractivity (Wildman–Crippen MR) is 52.1 cm³/mol. The Morgan fingerprint density at radius 2 is 1.57 bits per heavy atom. The van der Waals surface area contributed by atoms with E-state index in [1.165, 1.54) is 19.3 Å². The number of hydrogen-bond donors (Lipinski definition) is 0. The van der Waals surface area contributed by atoms with Gasteiger partial charge in [0.25, 0.3) is 0 Å². The van der Waals surface area contributed by atoms with E-state index in [2.05, 4.69) is 6.58 Å². The van der Waals surface area contributed by atoms with Crippen molar-refractivity contribution in [3.05, 3.63) is 12.7 Å². The minimum atomic E-state index is -0.924. The van der Waals surface area contributed by atoms with E-state index in [4.69, 9.17) is 0 Å². The van der Waals surface area contributed by atoms with E-state index < -0.39 is 5.97 Å². The first kappa shape index (κ1) is 16.4. The maximum atomic E-state index is 10.1. The number of rotatable bonds is 9. The van der Waals surface area contributed by atoms with Crippen molar-refractivity contribution in [3.63, 3.8) is 0 Å². The van der Waals surface area contributed by atoms with Gasteiger partial charge in [0.2, 0.25) is 0 Å². The maximum Gasteiger partial charge on any atom is 1.00 e. The number of unbranched alkanes of at least 4 members (excludes halogenated alkanes) is 6. The molecule has 0 aromatic heterocycles. The zero-order chi connectivity index (χ0) is 9.94. The van der Waals surface area contributed by atoms with Gasteiger partial charge in [0.15, 0.2) is 0 Å². The number of aliphatic carboxylic acids is 1. The molecule has 86 valence electrons. The summed E-state index contributed by atoms with van der Waals surface area (Å²) in [4.78, 5) is 10.1. The fraction of sp³-hybridized carbons (Fsp3) is 0.727. The van der Waals surface area contributed by atoms with Crippen molar-refractivity contribution in [1.82, 2.24) is 0 Å². The average Bonchev–Trinajstić information content (AvgIpc) is 2.09. The SMILES string of the molecule is C=CCCCCCCCCC(=O)[O-].[Ag+]. The van der Waals surface area contributed by atoms with Crippen LogP contribution < -0.4 is 5.11 Å².